The van der Waals surface area contributed by atoms with Crippen LogP contribution in [-0.2, 0) is 15.9 Å². The van der Waals surface area contributed by atoms with Crippen LogP contribution < -0.4 is 4.74 Å². The van der Waals surface area contributed by atoms with Crippen LogP contribution in [-0.4, -0.2) is 48.3 Å². The molecule has 0 aliphatic carbocycles. The quantitative estimate of drug-likeness (QED) is 0.749. The Bertz CT molecular complexity index is 803. The van der Waals surface area contributed by atoms with E-state index in [0.717, 1.165) is 35.5 Å². The van der Waals surface area contributed by atoms with Crippen LogP contribution in [0.3, 0.4) is 0 Å². The topological polar surface area (TPSA) is 68.2 Å². The number of rotatable bonds is 6. The van der Waals surface area contributed by atoms with Gasteiger partial charge in [0.15, 0.2) is 0 Å². The first-order valence-electron chi connectivity index (χ1n) is 10.2. The van der Waals surface area contributed by atoms with Gasteiger partial charge in [-0.3, -0.25) is 0 Å². The van der Waals surface area contributed by atoms with E-state index in [0.29, 0.717) is 30.9 Å². The van der Waals surface area contributed by atoms with Gasteiger partial charge in [0, 0.05) is 11.4 Å². The predicted octanol–water partition coefficient (Wildman–Crippen LogP) is 3.67. The summed E-state index contributed by atoms with van der Waals surface area (Å²) in [5.74, 6) is 0.845. The maximum atomic E-state index is 10.4. The molecule has 0 spiro atoms. The highest BCUT2D eigenvalue weighted by molar-refractivity contribution is 6.31. The number of hydrogen-bond donors (Lipinski definition) is 2. The number of hydrogen-bond acceptors (Lipinski definition) is 5. The SMILES string of the molecule is OCC1CC[C@H](O)C(c2ccc(Cl)c(Cc3ccc(O[C@H]4CCOC4)cc3)c2)O1. The molecule has 2 heterocycles. The molecule has 0 aromatic heterocycles. The number of ether oxygens (including phenoxy) is 3. The minimum absolute atomic E-state index is 0.0366. The maximum absolute atomic E-state index is 10.4. The summed E-state index contributed by atoms with van der Waals surface area (Å²) in [5, 5.41) is 20.5. The molecule has 156 valence electrons. The van der Waals surface area contributed by atoms with Crippen LogP contribution in [0.4, 0.5) is 0 Å². The number of halogens is 1. The van der Waals surface area contributed by atoms with Crippen LogP contribution in [0.5, 0.6) is 5.75 Å². The van der Waals surface area contributed by atoms with Crippen LogP contribution in [0.1, 0.15) is 42.1 Å². The Morgan fingerprint density at radius 1 is 1.07 bits per heavy atom. The van der Waals surface area contributed by atoms with Crippen molar-refractivity contribution >= 4 is 11.6 Å². The lowest BCUT2D eigenvalue weighted by Gasteiger charge is -2.33. The first-order chi connectivity index (χ1) is 14.1. The first-order valence-corrected chi connectivity index (χ1v) is 10.6. The molecule has 2 fully saturated rings. The smallest absolute Gasteiger partial charge is 0.124 e. The average molecular weight is 419 g/mol. The summed E-state index contributed by atoms with van der Waals surface area (Å²) in [6.07, 6.45) is 1.75. The Kier molecular flexibility index (Phi) is 6.73. The van der Waals surface area contributed by atoms with E-state index < -0.39 is 12.2 Å². The van der Waals surface area contributed by atoms with Gasteiger partial charge in [-0.2, -0.15) is 0 Å². The molecule has 4 rings (SSSR count). The lowest BCUT2D eigenvalue weighted by molar-refractivity contribution is -0.132. The Morgan fingerprint density at radius 2 is 1.90 bits per heavy atom. The van der Waals surface area contributed by atoms with Gasteiger partial charge in [0.2, 0.25) is 0 Å². The fourth-order valence-electron chi connectivity index (χ4n) is 3.92. The summed E-state index contributed by atoms with van der Waals surface area (Å²) in [6, 6.07) is 13.8. The summed E-state index contributed by atoms with van der Waals surface area (Å²) in [6.45, 7) is 1.37. The molecular weight excluding hydrogens is 392 g/mol. The van der Waals surface area contributed by atoms with Crippen LogP contribution in [0.15, 0.2) is 42.5 Å². The molecular formula is C23H27ClO5. The molecule has 0 radical (unpaired) electrons. The van der Waals surface area contributed by atoms with Crippen LogP contribution in [0, 0.1) is 0 Å². The highest BCUT2D eigenvalue weighted by atomic mass is 35.5. The second-order valence-electron chi connectivity index (χ2n) is 7.78. The third-order valence-electron chi connectivity index (χ3n) is 5.58. The summed E-state index contributed by atoms with van der Waals surface area (Å²) < 4.78 is 17.2. The molecule has 5 nitrogen and oxygen atoms in total. The van der Waals surface area contributed by atoms with Crippen molar-refractivity contribution < 1.29 is 24.4 Å². The van der Waals surface area contributed by atoms with Gasteiger partial charge in [-0.05, 0) is 54.2 Å². The zero-order valence-corrected chi connectivity index (χ0v) is 17.1. The number of benzene rings is 2. The van der Waals surface area contributed by atoms with Gasteiger partial charge in [-0.15, -0.1) is 0 Å². The molecule has 2 aromatic carbocycles. The Hall–Kier alpha value is -1.63. The molecule has 2 aromatic rings. The Balaban J connectivity index is 1.46. The fraction of sp³-hybridized carbons (Fsp3) is 0.478. The van der Waals surface area contributed by atoms with Gasteiger partial charge in [-0.25, -0.2) is 0 Å². The van der Waals surface area contributed by atoms with Gasteiger partial charge in [0.1, 0.15) is 18.0 Å². The molecule has 2 unspecified atom stereocenters. The highest BCUT2D eigenvalue weighted by Gasteiger charge is 2.31. The summed E-state index contributed by atoms with van der Waals surface area (Å²) in [7, 11) is 0. The minimum Gasteiger partial charge on any atom is -0.488 e. The summed E-state index contributed by atoms with van der Waals surface area (Å²) in [5.41, 5.74) is 2.98. The molecule has 2 saturated heterocycles. The maximum Gasteiger partial charge on any atom is 0.124 e. The lowest BCUT2D eigenvalue weighted by atomic mass is 9.93. The second kappa shape index (κ2) is 9.45. The van der Waals surface area contributed by atoms with Crippen molar-refractivity contribution in [2.45, 2.75) is 50.1 Å². The van der Waals surface area contributed by atoms with E-state index in [1.807, 2.05) is 42.5 Å². The second-order valence-corrected chi connectivity index (χ2v) is 8.19. The van der Waals surface area contributed by atoms with Gasteiger partial charge in [0.05, 0.1) is 32.0 Å². The van der Waals surface area contributed by atoms with Gasteiger partial charge in [0.25, 0.3) is 0 Å². The normalized spacial score (nSPS) is 27.1. The summed E-state index contributed by atoms with van der Waals surface area (Å²) in [4.78, 5) is 0. The molecule has 2 aliphatic heterocycles. The van der Waals surface area contributed by atoms with E-state index in [4.69, 9.17) is 25.8 Å². The number of aliphatic hydroxyl groups excluding tert-OH is 2. The third-order valence-corrected chi connectivity index (χ3v) is 5.95. The predicted molar refractivity (Wildman–Crippen MR) is 110 cm³/mol. The van der Waals surface area contributed by atoms with E-state index in [9.17, 15) is 10.2 Å². The van der Waals surface area contributed by atoms with E-state index in [2.05, 4.69) is 0 Å². The summed E-state index contributed by atoms with van der Waals surface area (Å²) >= 11 is 6.44. The van der Waals surface area contributed by atoms with Crippen molar-refractivity contribution in [3.63, 3.8) is 0 Å². The van der Waals surface area contributed by atoms with E-state index in [1.165, 1.54) is 0 Å². The fourth-order valence-corrected chi connectivity index (χ4v) is 4.10. The number of aliphatic hydroxyl groups is 2. The first kappa shape index (κ1) is 20.6. The van der Waals surface area contributed by atoms with Gasteiger partial charge >= 0.3 is 0 Å². The van der Waals surface area contributed by atoms with Crippen molar-refractivity contribution in [2.24, 2.45) is 0 Å². The molecule has 6 heteroatoms. The molecule has 4 atom stereocenters. The minimum atomic E-state index is -0.581. The highest BCUT2D eigenvalue weighted by Crippen LogP contribution is 2.34. The van der Waals surface area contributed by atoms with Gasteiger partial charge in [-0.1, -0.05) is 35.9 Å². The van der Waals surface area contributed by atoms with E-state index in [-0.39, 0.29) is 18.8 Å². The average Bonchev–Trinajstić information content (AvgIpc) is 3.25. The zero-order chi connectivity index (χ0) is 20.2. The molecule has 0 bridgehead atoms. The van der Waals surface area contributed by atoms with Crippen molar-refractivity contribution in [1.29, 1.82) is 0 Å². The monoisotopic (exact) mass is 418 g/mol. The van der Waals surface area contributed by atoms with Crippen molar-refractivity contribution in [1.82, 2.24) is 0 Å². The van der Waals surface area contributed by atoms with Crippen LogP contribution in [0.2, 0.25) is 5.02 Å². The standard InChI is InChI=1S/C23H27ClO5/c24-21-7-3-16(23-22(26)8-6-19(13-25)29-23)12-17(21)11-15-1-4-18(5-2-15)28-20-9-10-27-14-20/h1-5,7,12,19-20,22-23,25-26H,6,8-11,13-14H2/t19?,20-,22-,23?/m0/s1. The Morgan fingerprint density at radius 3 is 2.62 bits per heavy atom. The lowest BCUT2D eigenvalue weighted by Crippen LogP contribution is -2.34. The molecule has 2 N–H and O–H groups in total. The molecule has 0 amide bonds. The van der Waals surface area contributed by atoms with Gasteiger partial charge < -0.3 is 24.4 Å². The third kappa shape index (κ3) is 5.11. The van der Waals surface area contributed by atoms with Crippen molar-refractivity contribution in [2.75, 3.05) is 19.8 Å². The van der Waals surface area contributed by atoms with Crippen LogP contribution in [0.25, 0.3) is 0 Å². The van der Waals surface area contributed by atoms with E-state index in [1.54, 1.807) is 0 Å². The van der Waals surface area contributed by atoms with E-state index >= 15 is 0 Å². The van der Waals surface area contributed by atoms with Crippen LogP contribution >= 0.6 is 11.6 Å². The Labute approximate surface area is 176 Å². The molecule has 29 heavy (non-hydrogen) atoms. The van der Waals surface area contributed by atoms with Crippen molar-refractivity contribution in [3.8, 4) is 5.75 Å². The molecule has 0 saturated carbocycles. The zero-order valence-electron chi connectivity index (χ0n) is 16.3. The van der Waals surface area contributed by atoms with Crippen molar-refractivity contribution in [3.05, 3.63) is 64.2 Å². The molecule has 2 aliphatic rings. The largest absolute Gasteiger partial charge is 0.488 e.